The second kappa shape index (κ2) is 5.36. The van der Waals surface area contributed by atoms with Crippen molar-refractivity contribution in [3.05, 3.63) is 0 Å². The Morgan fingerprint density at radius 2 is 1.43 bits per heavy atom. The van der Waals surface area contributed by atoms with Gasteiger partial charge in [-0.05, 0) is 0 Å². The SMILES string of the molecule is O=P([O-])([O-])O.S.[Mg+2]. The Labute approximate surface area is 63.8 Å². The van der Waals surface area contributed by atoms with E-state index >= 15 is 0 Å². The van der Waals surface area contributed by atoms with Crippen LogP contribution in [0.5, 0.6) is 0 Å². The Morgan fingerprint density at radius 1 is 1.43 bits per heavy atom. The molecule has 0 bridgehead atoms. The zero-order chi connectivity index (χ0) is 4.50. The van der Waals surface area contributed by atoms with Crippen LogP contribution in [-0.2, 0) is 4.57 Å². The first-order chi connectivity index (χ1) is 2.00. The Bertz CT molecular complexity index is 57.8. The van der Waals surface area contributed by atoms with Gasteiger partial charge < -0.3 is 19.2 Å². The normalized spacial score (nSPS) is 8.43. The van der Waals surface area contributed by atoms with E-state index < -0.39 is 7.82 Å². The van der Waals surface area contributed by atoms with E-state index in [9.17, 15) is 0 Å². The molecule has 0 heterocycles. The van der Waals surface area contributed by atoms with Crippen LogP contribution in [0.3, 0.4) is 0 Å². The van der Waals surface area contributed by atoms with E-state index in [0.29, 0.717) is 0 Å². The third-order valence-electron chi connectivity index (χ3n) is 0. The molecule has 0 radical (unpaired) electrons. The molecule has 0 unspecified atom stereocenters. The van der Waals surface area contributed by atoms with E-state index in [1.54, 1.807) is 0 Å². The van der Waals surface area contributed by atoms with E-state index in [2.05, 4.69) is 0 Å². The first kappa shape index (κ1) is 15.7. The van der Waals surface area contributed by atoms with Gasteiger partial charge in [-0.15, -0.1) is 0 Å². The van der Waals surface area contributed by atoms with Crippen molar-refractivity contribution >= 4 is 44.4 Å². The summed E-state index contributed by atoms with van der Waals surface area (Å²) in [6.07, 6.45) is 0. The quantitative estimate of drug-likeness (QED) is 0.310. The molecular formula is H3MgO4PS. The average Bonchev–Trinajstić information content (AvgIpc) is 0.722. The molecule has 0 aromatic heterocycles. The summed E-state index contributed by atoms with van der Waals surface area (Å²) in [7, 11) is -5.14. The summed E-state index contributed by atoms with van der Waals surface area (Å²) in [6, 6.07) is 0. The zero-order valence-corrected chi connectivity index (χ0v) is 6.63. The molecule has 0 aliphatic heterocycles. The third-order valence-corrected chi connectivity index (χ3v) is 0. The minimum absolute atomic E-state index is 0. The molecular weight excluding hydrogens is 151 g/mol. The maximum Gasteiger partial charge on any atom is 2.00 e. The predicted octanol–water partition coefficient (Wildman–Crippen LogP) is -2.46. The van der Waals surface area contributed by atoms with Crippen molar-refractivity contribution in [2.75, 3.05) is 0 Å². The fourth-order valence-corrected chi connectivity index (χ4v) is 0. The summed E-state index contributed by atoms with van der Waals surface area (Å²) in [6.45, 7) is 0. The minimum atomic E-state index is -5.14. The number of hydrogen-bond acceptors (Lipinski definition) is 3. The second-order valence-corrected chi connectivity index (χ2v) is 1.41. The number of phosphoric acid groups is 1. The molecule has 0 amide bonds. The van der Waals surface area contributed by atoms with Crippen molar-refractivity contribution in [3.8, 4) is 0 Å². The molecule has 4 nitrogen and oxygen atoms in total. The maximum absolute atomic E-state index is 8.66. The van der Waals surface area contributed by atoms with Gasteiger partial charge in [-0.2, -0.15) is 13.5 Å². The topological polar surface area (TPSA) is 83.4 Å². The summed E-state index contributed by atoms with van der Waals surface area (Å²) < 4.78 is 8.66. The van der Waals surface area contributed by atoms with E-state index in [0.717, 1.165) is 0 Å². The van der Waals surface area contributed by atoms with Gasteiger partial charge >= 0.3 is 23.1 Å². The van der Waals surface area contributed by atoms with Gasteiger partial charge in [0.1, 0.15) is 0 Å². The molecule has 0 fully saturated rings. The molecule has 0 aliphatic carbocycles. The largest absolute Gasteiger partial charge is 2.00 e. The first-order valence-corrected chi connectivity index (χ1v) is 2.24. The van der Waals surface area contributed by atoms with Crippen molar-refractivity contribution in [1.29, 1.82) is 0 Å². The van der Waals surface area contributed by atoms with Crippen LogP contribution in [-0.4, -0.2) is 27.9 Å². The summed E-state index contributed by atoms with van der Waals surface area (Å²) in [5.74, 6) is 0. The van der Waals surface area contributed by atoms with E-state index in [-0.39, 0.29) is 36.5 Å². The third kappa shape index (κ3) is 131. The van der Waals surface area contributed by atoms with E-state index in [1.807, 2.05) is 0 Å². The number of rotatable bonds is 0. The maximum atomic E-state index is 8.66. The predicted molar refractivity (Wildman–Crippen MR) is 26.0 cm³/mol. The van der Waals surface area contributed by atoms with Crippen LogP contribution in [0.1, 0.15) is 0 Å². The van der Waals surface area contributed by atoms with Gasteiger partial charge in [-0.25, -0.2) is 0 Å². The molecule has 40 valence electrons. The average molecular weight is 154 g/mol. The first-order valence-electron chi connectivity index (χ1n) is 0.748. The molecule has 0 rings (SSSR count). The smallest absolute Gasteiger partial charge is 0.790 e. The summed E-state index contributed by atoms with van der Waals surface area (Å²) in [5, 5.41) is 0. The molecule has 0 aliphatic rings. The van der Waals surface area contributed by atoms with Crippen LogP contribution in [0.25, 0.3) is 0 Å². The molecule has 0 saturated carbocycles. The van der Waals surface area contributed by atoms with Gasteiger partial charge in [0, 0.05) is 0 Å². The van der Waals surface area contributed by atoms with Gasteiger partial charge in [0.25, 0.3) is 0 Å². The number of hydrogen-bond donors (Lipinski definition) is 1. The van der Waals surface area contributed by atoms with Crippen LogP contribution in [0, 0.1) is 0 Å². The molecule has 0 saturated heterocycles. The monoisotopic (exact) mass is 154 g/mol. The van der Waals surface area contributed by atoms with Crippen LogP contribution < -0.4 is 9.79 Å². The van der Waals surface area contributed by atoms with Gasteiger partial charge in [-0.3, -0.25) is 0 Å². The van der Waals surface area contributed by atoms with Crippen molar-refractivity contribution in [2.24, 2.45) is 0 Å². The van der Waals surface area contributed by atoms with E-state index in [4.69, 9.17) is 19.2 Å². The fraction of sp³-hybridized carbons (Fsp3) is 0. The van der Waals surface area contributed by atoms with Crippen LogP contribution >= 0.6 is 21.3 Å². The van der Waals surface area contributed by atoms with Gasteiger partial charge in [-0.1, -0.05) is 0 Å². The Hall–Kier alpha value is 1.23. The second-order valence-electron chi connectivity index (χ2n) is 0.469. The van der Waals surface area contributed by atoms with Crippen molar-refractivity contribution in [3.63, 3.8) is 0 Å². The van der Waals surface area contributed by atoms with Crippen molar-refractivity contribution < 1.29 is 19.2 Å². The van der Waals surface area contributed by atoms with Crippen molar-refractivity contribution in [2.45, 2.75) is 0 Å². The van der Waals surface area contributed by atoms with Crippen LogP contribution in [0.2, 0.25) is 0 Å². The molecule has 7 heteroatoms. The molecule has 1 N–H and O–H groups in total. The van der Waals surface area contributed by atoms with Gasteiger partial charge in [0.05, 0.1) is 7.82 Å². The van der Waals surface area contributed by atoms with Crippen LogP contribution in [0.4, 0.5) is 0 Å². The standard InChI is InChI=1S/Mg.H3O4P.H2S/c;1-5(2,3)4;/h;(H3,1,2,3,4);1H2/q+2;;/p-2. The van der Waals surface area contributed by atoms with Crippen LogP contribution in [0.15, 0.2) is 0 Å². The zero-order valence-electron chi connectivity index (χ0n) is 3.33. The Morgan fingerprint density at radius 3 is 1.43 bits per heavy atom. The minimum Gasteiger partial charge on any atom is -0.790 e. The molecule has 0 aromatic carbocycles. The molecule has 0 atom stereocenters. The fourth-order valence-electron chi connectivity index (χ4n) is 0. The Kier molecular flexibility index (Phi) is 12.1. The van der Waals surface area contributed by atoms with Crippen molar-refractivity contribution in [1.82, 2.24) is 0 Å². The molecule has 0 spiro atoms. The van der Waals surface area contributed by atoms with Gasteiger partial charge in [0.2, 0.25) is 0 Å². The van der Waals surface area contributed by atoms with E-state index in [1.165, 1.54) is 0 Å². The summed E-state index contributed by atoms with van der Waals surface area (Å²) in [5.41, 5.74) is 0. The summed E-state index contributed by atoms with van der Waals surface area (Å²) >= 11 is 0. The Balaban J connectivity index is -0.0000000800. The van der Waals surface area contributed by atoms with Gasteiger partial charge in [0.15, 0.2) is 0 Å². The molecule has 7 heavy (non-hydrogen) atoms. The summed E-state index contributed by atoms with van der Waals surface area (Å²) in [4.78, 5) is 24.3. The molecule has 0 aromatic rings.